The molecular weight excluding hydrogens is 423 g/mol. The van der Waals surface area contributed by atoms with E-state index in [-0.39, 0.29) is 12.3 Å². The van der Waals surface area contributed by atoms with Crippen LogP contribution >= 0.6 is 0 Å². The summed E-state index contributed by atoms with van der Waals surface area (Å²) in [5.74, 6) is -0.393. The highest BCUT2D eigenvalue weighted by Gasteiger charge is 2.57. The number of rotatable bonds is 4. The van der Waals surface area contributed by atoms with E-state index in [1.165, 1.54) is 0 Å². The van der Waals surface area contributed by atoms with E-state index >= 15 is 0 Å². The second-order valence-electron chi connectivity index (χ2n) is 8.64. The zero-order valence-corrected chi connectivity index (χ0v) is 17.5. The van der Waals surface area contributed by atoms with Crippen LogP contribution < -0.4 is 10.7 Å². The Hall–Kier alpha value is -2.88. The minimum atomic E-state index is -4.53. The third-order valence-corrected chi connectivity index (χ3v) is 6.60. The second kappa shape index (κ2) is 7.91. The summed E-state index contributed by atoms with van der Waals surface area (Å²) >= 11 is 0. The highest BCUT2D eigenvalue weighted by Crippen LogP contribution is 2.41. The van der Waals surface area contributed by atoms with Gasteiger partial charge in [0.15, 0.2) is 0 Å². The number of benzene rings is 1. The number of aromatic nitrogens is 2. The van der Waals surface area contributed by atoms with E-state index in [0.29, 0.717) is 28.6 Å². The van der Waals surface area contributed by atoms with Gasteiger partial charge < -0.3 is 9.73 Å². The summed E-state index contributed by atoms with van der Waals surface area (Å²) in [7, 11) is 0. The fourth-order valence-corrected chi connectivity index (χ4v) is 4.97. The first-order chi connectivity index (χ1) is 15.3. The van der Waals surface area contributed by atoms with Crippen molar-refractivity contribution in [2.75, 3.05) is 0 Å². The maximum atomic E-state index is 13.9. The van der Waals surface area contributed by atoms with Crippen LogP contribution in [0.5, 0.6) is 0 Å². The third-order valence-electron chi connectivity index (χ3n) is 6.60. The molecule has 0 bridgehead atoms. The Kier molecular flexibility index (Phi) is 5.19. The topological polar surface area (TPSA) is 83.3 Å². The van der Waals surface area contributed by atoms with E-state index in [4.69, 9.17) is 4.42 Å². The molecule has 1 saturated heterocycles. The van der Waals surface area contributed by atoms with Crippen LogP contribution in [-0.2, 0) is 11.2 Å². The van der Waals surface area contributed by atoms with Crippen molar-refractivity contribution in [2.24, 2.45) is 0 Å². The van der Waals surface area contributed by atoms with E-state index in [1.54, 1.807) is 37.3 Å². The molecule has 2 aliphatic heterocycles. The van der Waals surface area contributed by atoms with Gasteiger partial charge in [-0.1, -0.05) is 43.2 Å². The van der Waals surface area contributed by atoms with Crippen molar-refractivity contribution in [1.82, 2.24) is 25.9 Å². The van der Waals surface area contributed by atoms with Crippen LogP contribution in [0.15, 0.2) is 46.0 Å². The summed E-state index contributed by atoms with van der Waals surface area (Å²) in [5.41, 5.74) is 3.74. The summed E-state index contributed by atoms with van der Waals surface area (Å²) in [6, 6.07) is 6.55. The molecule has 2 fully saturated rings. The van der Waals surface area contributed by atoms with Gasteiger partial charge in [0.1, 0.15) is 12.2 Å². The Morgan fingerprint density at radius 3 is 2.56 bits per heavy atom. The zero-order chi connectivity index (χ0) is 22.5. The molecule has 1 aromatic carbocycles. The van der Waals surface area contributed by atoms with Gasteiger partial charge in [-0.25, -0.2) is 5.43 Å². The Morgan fingerprint density at radius 1 is 1.16 bits per heavy atom. The number of carbonyl (C=O) groups is 1. The number of hydrogen-bond donors (Lipinski definition) is 2. The smallest absolute Gasteiger partial charge is 0.406 e. The van der Waals surface area contributed by atoms with Gasteiger partial charge in [0.05, 0.1) is 12.3 Å². The normalized spacial score (nSPS) is 26.6. The van der Waals surface area contributed by atoms with Gasteiger partial charge >= 0.3 is 6.18 Å². The van der Waals surface area contributed by atoms with Gasteiger partial charge in [-0.15, -0.1) is 10.2 Å². The predicted octanol–water partition coefficient (Wildman–Crippen LogP) is 3.53. The van der Waals surface area contributed by atoms with Gasteiger partial charge in [0, 0.05) is 17.2 Å². The first kappa shape index (κ1) is 21.0. The molecule has 1 aliphatic carbocycles. The first-order valence-corrected chi connectivity index (χ1v) is 10.8. The quantitative estimate of drug-likeness (QED) is 0.746. The highest BCUT2D eigenvalue weighted by molar-refractivity contribution is 5.95. The minimum Gasteiger partial charge on any atom is -0.425 e. The van der Waals surface area contributed by atoms with Crippen LogP contribution in [0.3, 0.4) is 0 Å². The summed E-state index contributed by atoms with van der Waals surface area (Å²) in [6.45, 7) is 1.70. The van der Waals surface area contributed by atoms with Gasteiger partial charge in [0.2, 0.25) is 11.8 Å². The van der Waals surface area contributed by atoms with Crippen molar-refractivity contribution in [1.29, 1.82) is 0 Å². The number of carbonyl (C=O) groups excluding carboxylic acids is 1. The van der Waals surface area contributed by atoms with Crippen molar-refractivity contribution in [3.05, 3.63) is 58.9 Å². The molecule has 2 N–H and O–H groups in total. The molecule has 1 amide bonds. The number of hydrazine groups is 1. The lowest BCUT2D eigenvalue weighted by Crippen LogP contribution is -2.55. The van der Waals surface area contributed by atoms with Crippen LogP contribution in [0.25, 0.3) is 0 Å². The zero-order valence-electron chi connectivity index (χ0n) is 17.5. The predicted molar refractivity (Wildman–Crippen MR) is 108 cm³/mol. The fraction of sp³-hybridized carbons (Fsp3) is 0.500. The number of hydrogen-bond acceptors (Lipinski definition) is 6. The Bertz CT molecular complexity index is 1030. The lowest BCUT2D eigenvalue weighted by Gasteiger charge is -2.34. The van der Waals surface area contributed by atoms with E-state index in [2.05, 4.69) is 20.9 Å². The molecule has 2 aromatic rings. The molecule has 10 heteroatoms. The molecular formula is C22H24F3N5O2. The molecule has 32 heavy (non-hydrogen) atoms. The number of nitrogens with one attached hydrogen (secondary N) is 2. The number of allylic oxidation sites excluding steroid dienone is 1. The second-order valence-corrected chi connectivity index (χ2v) is 8.64. The molecule has 5 rings (SSSR count). The Balaban J connectivity index is 1.42. The van der Waals surface area contributed by atoms with Crippen LogP contribution in [0, 0.1) is 0 Å². The first-order valence-electron chi connectivity index (χ1n) is 10.8. The Morgan fingerprint density at radius 2 is 1.88 bits per heavy atom. The lowest BCUT2D eigenvalue weighted by molar-refractivity contribution is -0.161. The third kappa shape index (κ3) is 3.66. The van der Waals surface area contributed by atoms with Gasteiger partial charge in [0.25, 0.3) is 5.91 Å². The lowest BCUT2D eigenvalue weighted by atomic mass is 9.89. The maximum Gasteiger partial charge on any atom is 0.406 e. The average molecular weight is 447 g/mol. The maximum absolute atomic E-state index is 13.9. The van der Waals surface area contributed by atoms with Crippen molar-refractivity contribution >= 4 is 5.91 Å². The largest absolute Gasteiger partial charge is 0.425 e. The number of fused-ring (bicyclic) bond motifs is 1. The van der Waals surface area contributed by atoms with Crippen LogP contribution in [0.2, 0.25) is 0 Å². The van der Waals surface area contributed by atoms with Gasteiger partial charge in [-0.2, -0.15) is 13.2 Å². The molecule has 3 unspecified atom stereocenters. The van der Waals surface area contributed by atoms with E-state index in [0.717, 1.165) is 30.7 Å². The van der Waals surface area contributed by atoms with Crippen LogP contribution in [0.1, 0.15) is 61.8 Å². The van der Waals surface area contributed by atoms with Crippen molar-refractivity contribution < 1.29 is 22.4 Å². The molecule has 0 radical (unpaired) electrons. The van der Waals surface area contributed by atoms with Gasteiger partial charge in [-0.3, -0.25) is 9.80 Å². The average Bonchev–Trinajstić information content (AvgIpc) is 3.50. The van der Waals surface area contributed by atoms with Crippen LogP contribution in [0.4, 0.5) is 13.2 Å². The number of halogens is 3. The summed E-state index contributed by atoms with van der Waals surface area (Å²) < 4.78 is 47.4. The van der Waals surface area contributed by atoms with Crippen molar-refractivity contribution in [3.63, 3.8) is 0 Å². The molecule has 1 aromatic heterocycles. The fourth-order valence-electron chi connectivity index (χ4n) is 4.97. The van der Waals surface area contributed by atoms with Crippen LogP contribution in [-0.4, -0.2) is 39.5 Å². The summed E-state index contributed by atoms with van der Waals surface area (Å²) in [4.78, 5) is 13.2. The monoisotopic (exact) mass is 447 g/mol. The van der Waals surface area contributed by atoms with E-state index in [1.807, 2.05) is 0 Å². The molecule has 1 saturated carbocycles. The Labute approximate surface area is 183 Å². The SMILES string of the molecule is CC1=C(Cc2nnc(C3CCCC3)o2)C(=O)N2NC(C(F)(F)F)C(c3ccccc3)C2N1. The van der Waals surface area contributed by atoms with E-state index < -0.39 is 30.2 Å². The van der Waals surface area contributed by atoms with E-state index in [9.17, 15) is 18.0 Å². The molecule has 7 nitrogen and oxygen atoms in total. The number of amides is 1. The molecule has 3 aliphatic rings. The molecule has 0 spiro atoms. The van der Waals surface area contributed by atoms with Crippen molar-refractivity contribution in [2.45, 2.75) is 69.2 Å². The highest BCUT2D eigenvalue weighted by atomic mass is 19.4. The summed E-state index contributed by atoms with van der Waals surface area (Å²) in [5, 5.41) is 12.4. The summed E-state index contributed by atoms with van der Waals surface area (Å²) in [6.07, 6.45) is -1.07. The molecule has 3 atom stereocenters. The number of nitrogens with zero attached hydrogens (tertiary/aromatic N) is 3. The standard InChI is InChI=1S/C22H24F3N5O2/c1-12-15(11-16-27-28-20(32-16)14-9-5-6-10-14)21(31)30-19(26-12)17(13-7-3-2-4-8-13)18(29-30)22(23,24)25/h2-4,7-8,14,17-19,26,29H,5-6,9-11H2,1H3. The molecule has 3 heterocycles. The number of alkyl halides is 3. The minimum absolute atomic E-state index is 0.0645. The van der Waals surface area contributed by atoms with Crippen molar-refractivity contribution in [3.8, 4) is 0 Å². The molecule has 170 valence electrons. The van der Waals surface area contributed by atoms with Gasteiger partial charge in [-0.05, 0) is 25.3 Å².